The molecule has 2 aromatic rings. The van der Waals surface area contributed by atoms with Gasteiger partial charge in [0.25, 0.3) is 0 Å². The minimum absolute atomic E-state index is 0.624. The molecule has 3 nitrogen and oxygen atoms in total. The lowest BCUT2D eigenvalue weighted by molar-refractivity contribution is 0.199. The third-order valence-electron chi connectivity index (χ3n) is 2.75. The van der Waals surface area contributed by atoms with Crippen molar-refractivity contribution >= 4 is 11.3 Å². The Morgan fingerprint density at radius 1 is 1.21 bits per heavy atom. The van der Waals surface area contributed by atoms with Gasteiger partial charge >= 0.3 is 0 Å². The maximum absolute atomic E-state index is 5.87. The highest BCUT2D eigenvalue weighted by Gasteiger charge is 2.03. The van der Waals surface area contributed by atoms with Crippen molar-refractivity contribution in [3.8, 4) is 5.75 Å². The number of ether oxygens (including phenoxy) is 2. The molecule has 0 aliphatic rings. The molecule has 4 heteroatoms. The van der Waals surface area contributed by atoms with Crippen LogP contribution in [0.25, 0.3) is 0 Å². The van der Waals surface area contributed by atoms with Crippen LogP contribution in [0.3, 0.4) is 0 Å². The lowest BCUT2D eigenvalue weighted by atomic mass is 10.2. The number of nitrogens with one attached hydrogen (secondary N) is 1. The van der Waals surface area contributed by atoms with Crippen molar-refractivity contribution in [2.75, 3.05) is 20.3 Å². The van der Waals surface area contributed by atoms with E-state index < -0.39 is 0 Å². The molecule has 0 atom stereocenters. The van der Waals surface area contributed by atoms with Crippen LogP contribution >= 0.6 is 11.3 Å². The lowest BCUT2D eigenvalue weighted by Crippen LogP contribution is -2.19. The van der Waals surface area contributed by atoms with Gasteiger partial charge in [0, 0.05) is 25.8 Å². The Balaban J connectivity index is 1.88. The van der Waals surface area contributed by atoms with Gasteiger partial charge in [0.1, 0.15) is 12.4 Å². The van der Waals surface area contributed by atoms with Gasteiger partial charge in [-0.05, 0) is 28.5 Å². The Bertz CT molecular complexity index is 471. The van der Waals surface area contributed by atoms with E-state index in [2.05, 4.69) is 28.2 Å². The average Bonchev–Trinajstić information content (AvgIpc) is 2.96. The molecule has 19 heavy (non-hydrogen) atoms. The molecule has 0 aliphatic carbocycles. The van der Waals surface area contributed by atoms with Gasteiger partial charge < -0.3 is 14.8 Å². The highest BCUT2D eigenvalue weighted by atomic mass is 32.1. The van der Waals surface area contributed by atoms with Crippen molar-refractivity contribution in [2.45, 2.75) is 13.2 Å². The summed E-state index contributed by atoms with van der Waals surface area (Å²) in [5.41, 5.74) is 2.39. The molecule has 0 spiro atoms. The van der Waals surface area contributed by atoms with E-state index in [0.717, 1.165) is 25.4 Å². The third kappa shape index (κ3) is 4.67. The molecule has 0 bridgehead atoms. The summed E-state index contributed by atoms with van der Waals surface area (Å²) >= 11 is 1.69. The molecule has 0 fully saturated rings. The highest BCUT2D eigenvalue weighted by Crippen LogP contribution is 2.19. The van der Waals surface area contributed by atoms with Crippen LogP contribution in [-0.4, -0.2) is 20.3 Å². The predicted octanol–water partition coefficient (Wildman–Crippen LogP) is 3.06. The van der Waals surface area contributed by atoms with Crippen molar-refractivity contribution in [1.82, 2.24) is 5.32 Å². The largest absolute Gasteiger partial charge is 0.489 e. The monoisotopic (exact) mass is 277 g/mol. The lowest BCUT2D eigenvalue weighted by Gasteiger charge is -2.11. The molecule has 0 saturated carbocycles. The number of hydrogen-bond donors (Lipinski definition) is 1. The second kappa shape index (κ2) is 7.94. The van der Waals surface area contributed by atoms with Gasteiger partial charge in [-0.3, -0.25) is 0 Å². The molecule has 102 valence electrons. The molecule has 2 rings (SSSR count). The van der Waals surface area contributed by atoms with Crippen LogP contribution in [0, 0.1) is 0 Å². The Morgan fingerprint density at radius 2 is 2.11 bits per heavy atom. The number of methoxy groups -OCH3 is 1. The summed E-state index contributed by atoms with van der Waals surface area (Å²) in [6.45, 7) is 2.98. The number of para-hydroxylation sites is 1. The minimum atomic E-state index is 0.624. The summed E-state index contributed by atoms with van der Waals surface area (Å²) in [7, 11) is 1.71. The molecule has 0 saturated heterocycles. The maximum Gasteiger partial charge on any atom is 0.124 e. The maximum atomic E-state index is 5.87. The average molecular weight is 277 g/mol. The van der Waals surface area contributed by atoms with E-state index in [4.69, 9.17) is 9.47 Å². The molecule has 0 radical (unpaired) electrons. The summed E-state index contributed by atoms with van der Waals surface area (Å²) in [6.07, 6.45) is 0. The first-order valence-electron chi connectivity index (χ1n) is 6.31. The SMILES string of the molecule is COCCNCc1ccccc1OCc1ccsc1. The predicted molar refractivity (Wildman–Crippen MR) is 78.7 cm³/mol. The van der Waals surface area contributed by atoms with Crippen molar-refractivity contribution < 1.29 is 9.47 Å². The van der Waals surface area contributed by atoms with Gasteiger partial charge in [0.05, 0.1) is 6.61 Å². The van der Waals surface area contributed by atoms with E-state index in [-0.39, 0.29) is 0 Å². The molecule has 1 heterocycles. The summed E-state index contributed by atoms with van der Waals surface area (Å²) in [5, 5.41) is 7.51. The molecular formula is C15H19NO2S. The van der Waals surface area contributed by atoms with Gasteiger partial charge in [-0.2, -0.15) is 11.3 Å². The van der Waals surface area contributed by atoms with Crippen molar-refractivity contribution in [1.29, 1.82) is 0 Å². The number of rotatable bonds is 8. The van der Waals surface area contributed by atoms with Crippen LogP contribution in [0.15, 0.2) is 41.1 Å². The minimum Gasteiger partial charge on any atom is -0.489 e. The van der Waals surface area contributed by atoms with Gasteiger partial charge in [0.2, 0.25) is 0 Å². The number of thiophene rings is 1. The Kier molecular flexibility index (Phi) is 5.88. The van der Waals surface area contributed by atoms with Crippen molar-refractivity contribution in [3.05, 3.63) is 52.2 Å². The molecule has 1 aromatic carbocycles. The molecular weight excluding hydrogens is 258 g/mol. The fraction of sp³-hybridized carbons (Fsp3) is 0.333. The quantitative estimate of drug-likeness (QED) is 0.752. The van der Waals surface area contributed by atoms with Gasteiger partial charge in [0.15, 0.2) is 0 Å². The Morgan fingerprint density at radius 3 is 2.89 bits per heavy atom. The van der Waals surface area contributed by atoms with E-state index in [1.807, 2.05) is 18.2 Å². The van der Waals surface area contributed by atoms with E-state index in [9.17, 15) is 0 Å². The first kappa shape index (κ1) is 14.1. The second-order valence-corrected chi connectivity index (χ2v) is 4.98. The van der Waals surface area contributed by atoms with Crippen LogP contribution < -0.4 is 10.1 Å². The summed E-state index contributed by atoms with van der Waals surface area (Å²) < 4.78 is 10.9. The van der Waals surface area contributed by atoms with Crippen LogP contribution in [0.2, 0.25) is 0 Å². The van der Waals surface area contributed by atoms with Crippen LogP contribution in [-0.2, 0) is 17.9 Å². The number of benzene rings is 1. The summed E-state index contributed by atoms with van der Waals surface area (Å²) in [5.74, 6) is 0.943. The van der Waals surface area contributed by atoms with Crippen LogP contribution in [0.1, 0.15) is 11.1 Å². The standard InChI is InChI=1S/C15H19NO2S/c1-17-8-7-16-10-14-4-2-3-5-15(14)18-11-13-6-9-19-12-13/h2-6,9,12,16H,7-8,10-11H2,1H3. The van der Waals surface area contributed by atoms with E-state index in [1.54, 1.807) is 18.4 Å². The van der Waals surface area contributed by atoms with E-state index in [1.165, 1.54) is 11.1 Å². The number of hydrogen-bond acceptors (Lipinski definition) is 4. The molecule has 0 unspecified atom stereocenters. The van der Waals surface area contributed by atoms with E-state index >= 15 is 0 Å². The zero-order valence-corrected chi connectivity index (χ0v) is 11.9. The van der Waals surface area contributed by atoms with Crippen molar-refractivity contribution in [3.63, 3.8) is 0 Å². The zero-order valence-electron chi connectivity index (χ0n) is 11.1. The first-order chi connectivity index (χ1) is 9.40. The second-order valence-electron chi connectivity index (χ2n) is 4.20. The van der Waals surface area contributed by atoms with E-state index in [0.29, 0.717) is 6.61 Å². The van der Waals surface area contributed by atoms with Gasteiger partial charge in [-0.15, -0.1) is 0 Å². The molecule has 0 aliphatic heterocycles. The third-order valence-corrected chi connectivity index (χ3v) is 3.48. The summed E-state index contributed by atoms with van der Waals surface area (Å²) in [4.78, 5) is 0. The fourth-order valence-electron chi connectivity index (χ4n) is 1.72. The molecule has 1 N–H and O–H groups in total. The Hall–Kier alpha value is -1.36. The normalized spacial score (nSPS) is 10.6. The molecule has 1 aromatic heterocycles. The Labute approximate surface area is 118 Å². The van der Waals surface area contributed by atoms with Crippen LogP contribution in [0.4, 0.5) is 0 Å². The summed E-state index contributed by atoms with van der Waals surface area (Å²) in [6, 6.07) is 10.2. The molecule has 0 amide bonds. The first-order valence-corrected chi connectivity index (χ1v) is 7.26. The smallest absolute Gasteiger partial charge is 0.124 e. The van der Waals surface area contributed by atoms with Gasteiger partial charge in [-0.25, -0.2) is 0 Å². The van der Waals surface area contributed by atoms with Crippen molar-refractivity contribution in [2.24, 2.45) is 0 Å². The fourth-order valence-corrected chi connectivity index (χ4v) is 2.38. The van der Waals surface area contributed by atoms with Crippen LogP contribution in [0.5, 0.6) is 5.75 Å². The zero-order chi connectivity index (χ0) is 13.3. The topological polar surface area (TPSA) is 30.5 Å². The highest BCUT2D eigenvalue weighted by molar-refractivity contribution is 7.07. The van der Waals surface area contributed by atoms with Gasteiger partial charge in [-0.1, -0.05) is 18.2 Å².